The van der Waals surface area contributed by atoms with Gasteiger partial charge in [0.1, 0.15) is 17.2 Å². The number of amides is 2. The van der Waals surface area contributed by atoms with E-state index in [-0.39, 0.29) is 12.1 Å². The molecule has 1 N–H and O–H groups in total. The van der Waals surface area contributed by atoms with Crippen molar-refractivity contribution < 1.29 is 23.5 Å². The lowest BCUT2D eigenvalue weighted by Crippen LogP contribution is -2.34. The maximum Gasteiger partial charge on any atom is 0.410 e. The van der Waals surface area contributed by atoms with Crippen LogP contribution in [0.3, 0.4) is 0 Å². The molecule has 0 aliphatic rings. The van der Waals surface area contributed by atoms with Crippen LogP contribution in [0.25, 0.3) is 0 Å². The largest absolute Gasteiger partial charge is 0.497 e. The highest BCUT2D eigenvalue weighted by molar-refractivity contribution is 6.04. The molecular weight excluding hydrogens is 363 g/mol. The first-order chi connectivity index (χ1) is 13.1. The van der Waals surface area contributed by atoms with Gasteiger partial charge in [0.2, 0.25) is 0 Å². The van der Waals surface area contributed by atoms with E-state index < -0.39 is 23.4 Å². The molecule has 0 unspecified atom stereocenters. The second-order valence-corrected chi connectivity index (χ2v) is 7.29. The lowest BCUT2D eigenvalue weighted by molar-refractivity contribution is 0.0285. The molecule has 2 aromatic rings. The molecule has 2 amide bonds. The molecule has 0 bridgehead atoms. The molecule has 0 heterocycles. The number of halogens is 1. The maximum atomic E-state index is 14.2. The average molecular weight is 388 g/mol. The molecule has 0 radical (unpaired) electrons. The van der Waals surface area contributed by atoms with Crippen molar-refractivity contribution in [3.63, 3.8) is 0 Å². The minimum Gasteiger partial charge on any atom is -0.497 e. The van der Waals surface area contributed by atoms with E-state index in [4.69, 9.17) is 9.47 Å². The summed E-state index contributed by atoms with van der Waals surface area (Å²) in [6.45, 7) is 5.58. The van der Waals surface area contributed by atoms with Gasteiger partial charge in [-0.15, -0.1) is 0 Å². The fourth-order valence-electron chi connectivity index (χ4n) is 2.44. The predicted octanol–water partition coefficient (Wildman–Crippen LogP) is 4.45. The number of ether oxygens (including phenoxy) is 2. The van der Waals surface area contributed by atoms with Crippen molar-refractivity contribution in [2.75, 3.05) is 19.5 Å². The molecule has 0 aliphatic heterocycles. The van der Waals surface area contributed by atoms with Crippen LogP contribution in [-0.4, -0.2) is 36.7 Å². The van der Waals surface area contributed by atoms with Gasteiger partial charge < -0.3 is 19.7 Å². The van der Waals surface area contributed by atoms with E-state index in [9.17, 15) is 14.0 Å². The fourth-order valence-corrected chi connectivity index (χ4v) is 2.44. The van der Waals surface area contributed by atoms with E-state index in [0.29, 0.717) is 17.0 Å². The first-order valence-electron chi connectivity index (χ1n) is 8.77. The second-order valence-electron chi connectivity index (χ2n) is 7.29. The molecule has 0 aliphatic carbocycles. The Hall–Kier alpha value is -3.09. The Balaban J connectivity index is 2.15. The van der Waals surface area contributed by atoms with Gasteiger partial charge in [0, 0.05) is 18.8 Å². The number of nitrogens with zero attached hydrogens (tertiary/aromatic N) is 1. The van der Waals surface area contributed by atoms with Crippen LogP contribution < -0.4 is 10.1 Å². The third-order valence-electron chi connectivity index (χ3n) is 3.80. The number of hydrogen-bond acceptors (Lipinski definition) is 4. The van der Waals surface area contributed by atoms with Gasteiger partial charge in [-0.3, -0.25) is 4.79 Å². The van der Waals surface area contributed by atoms with Crippen LogP contribution >= 0.6 is 0 Å². The number of carbonyl (C=O) groups is 2. The summed E-state index contributed by atoms with van der Waals surface area (Å²) in [4.78, 5) is 26.1. The van der Waals surface area contributed by atoms with Crippen molar-refractivity contribution in [2.45, 2.75) is 32.9 Å². The quantitative estimate of drug-likeness (QED) is 0.822. The molecule has 0 atom stereocenters. The van der Waals surface area contributed by atoms with Crippen LogP contribution in [0.4, 0.5) is 14.9 Å². The molecular formula is C21H25FN2O4. The molecule has 7 heteroatoms. The number of para-hydroxylation sites is 1. The first kappa shape index (κ1) is 21.2. The van der Waals surface area contributed by atoms with Gasteiger partial charge in [-0.25, -0.2) is 9.18 Å². The molecule has 0 saturated heterocycles. The normalized spacial score (nSPS) is 10.9. The number of carbonyl (C=O) groups excluding carboxylic acids is 2. The lowest BCUT2D eigenvalue weighted by Gasteiger charge is -2.25. The van der Waals surface area contributed by atoms with Crippen molar-refractivity contribution in [2.24, 2.45) is 0 Å². The number of anilines is 1. The summed E-state index contributed by atoms with van der Waals surface area (Å²) in [5.41, 5.74) is 0.470. The lowest BCUT2D eigenvalue weighted by atomic mass is 10.1. The molecule has 150 valence electrons. The average Bonchev–Trinajstić information content (AvgIpc) is 2.61. The summed E-state index contributed by atoms with van der Waals surface area (Å²) in [7, 11) is 3.03. The van der Waals surface area contributed by atoms with Crippen LogP contribution in [0.1, 0.15) is 36.7 Å². The monoisotopic (exact) mass is 388 g/mol. The summed E-state index contributed by atoms with van der Waals surface area (Å²) in [6, 6.07) is 11.0. The summed E-state index contributed by atoms with van der Waals surface area (Å²) in [6.07, 6.45) is -0.477. The van der Waals surface area contributed by atoms with Gasteiger partial charge in [-0.1, -0.05) is 18.2 Å². The highest BCUT2D eigenvalue weighted by Crippen LogP contribution is 2.21. The van der Waals surface area contributed by atoms with Crippen molar-refractivity contribution in [3.05, 3.63) is 59.4 Å². The highest BCUT2D eigenvalue weighted by atomic mass is 19.1. The van der Waals surface area contributed by atoms with Crippen molar-refractivity contribution in [1.82, 2.24) is 4.90 Å². The van der Waals surface area contributed by atoms with E-state index in [0.717, 1.165) is 6.07 Å². The van der Waals surface area contributed by atoms with Gasteiger partial charge in [0.05, 0.1) is 19.2 Å². The summed E-state index contributed by atoms with van der Waals surface area (Å²) in [5, 5.41) is 2.70. The smallest absolute Gasteiger partial charge is 0.410 e. The SMILES string of the molecule is COc1ccc(C(=O)Nc2ccccc2CN(C)C(=O)OC(C)(C)C)c(F)c1. The van der Waals surface area contributed by atoms with E-state index in [1.807, 2.05) is 0 Å². The van der Waals surface area contributed by atoms with Gasteiger partial charge in [-0.2, -0.15) is 0 Å². The van der Waals surface area contributed by atoms with Gasteiger partial charge in [0.15, 0.2) is 0 Å². The van der Waals surface area contributed by atoms with E-state index >= 15 is 0 Å². The molecule has 0 fully saturated rings. The summed E-state index contributed by atoms with van der Waals surface area (Å²) >= 11 is 0. The van der Waals surface area contributed by atoms with Crippen molar-refractivity contribution in [3.8, 4) is 5.75 Å². The van der Waals surface area contributed by atoms with Crippen LogP contribution in [0, 0.1) is 5.82 Å². The summed E-state index contributed by atoms with van der Waals surface area (Å²) < 4.78 is 24.4. The van der Waals surface area contributed by atoms with Crippen LogP contribution in [-0.2, 0) is 11.3 Å². The highest BCUT2D eigenvalue weighted by Gasteiger charge is 2.21. The zero-order chi connectivity index (χ0) is 20.9. The minimum absolute atomic E-state index is 0.101. The van der Waals surface area contributed by atoms with E-state index in [2.05, 4.69) is 5.32 Å². The van der Waals surface area contributed by atoms with Gasteiger partial charge in [-0.05, 0) is 44.5 Å². The van der Waals surface area contributed by atoms with Crippen molar-refractivity contribution >= 4 is 17.7 Å². The zero-order valence-corrected chi connectivity index (χ0v) is 16.7. The molecule has 2 rings (SSSR count). The Bertz CT molecular complexity index is 862. The van der Waals surface area contributed by atoms with Crippen LogP contribution in [0.2, 0.25) is 0 Å². The third kappa shape index (κ3) is 5.70. The maximum absolute atomic E-state index is 14.2. The molecule has 28 heavy (non-hydrogen) atoms. The Morgan fingerprint density at radius 1 is 1.14 bits per heavy atom. The van der Waals surface area contributed by atoms with Crippen molar-refractivity contribution in [1.29, 1.82) is 0 Å². The minimum atomic E-state index is -0.680. The van der Waals surface area contributed by atoms with Crippen LogP contribution in [0.5, 0.6) is 5.75 Å². The summed E-state index contributed by atoms with van der Waals surface area (Å²) in [5.74, 6) is -0.943. The zero-order valence-electron chi connectivity index (χ0n) is 16.7. The number of methoxy groups -OCH3 is 1. The standard InChI is InChI=1S/C21H25FN2O4/c1-21(2,3)28-20(26)24(4)13-14-8-6-7-9-18(14)23-19(25)16-11-10-15(27-5)12-17(16)22/h6-12H,13H2,1-5H3,(H,23,25). The van der Waals surface area contributed by atoms with E-state index in [1.165, 1.54) is 24.1 Å². The predicted molar refractivity (Wildman–Crippen MR) is 105 cm³/mol. The molecule has 0 saturated carbocycles. The fraction of sp³-hybridized carbons (Fsp3) is 0.333. The van der Waals surface area contributed by atoms with Crippen LogP contribution in [0.15, 0.2) is 42.5 Å². The Morgan fingerprint density at radius 2 is 1.82 bits per heavy atom. The van der Waals surface area contributed by atoms with E-state index in [1.54, 1.807) is 52.1 Å². The second kappa shape index (κ2) is 8.73. The number of rotatable bonds is 5. The third-order valence-corrected chi connectivity index (χ3v) is 3.80. The number of nitrogens with one attached hydrogen (secondary N) is 1. The Labute approximate surface area is 164 Å². The topological polar surface area (TPSA) is 67.9 Å². The number of hydrogen-bond donors (Lipinski definition) is 1. The Morgan fingerprint density at radius 3 is 2.43 bits per heavy atom. The molecule has 0 spiro atoms. The van der Waals surface area contributed by atoms with Gasteiger partial charge >= 0.3 is 6.09 Å². The van der Waals surface area contributed by atoms with Gasteiger partial charge in [0.25, 0.3) is 5.91 Å². The molecule has 2 aromatic carbocycles. The number of benzene rings is 2. The first-order valence-corrected chi connectivity index (χ1v) is 8.77. The molecule has 0 aromatic heterocycles. The molecule has 6 nitrogen and oxygen atoms in total. The Kier molecular flexibility index (Phi) is 6.62.